The largest absolute Gasteiger partial charge is 0.507 e. The first-order valence-corrected chi connectivity index (χ1v) is 12.2. The number of carbonyl (C=O) groups excluding carboxylic acids is 2. The molecule has 2 N–H and O–H groups in total. The summed E-state index contributed by atoms with van der Waals surface area (Å²) in [7, 11) is 3.11. The SMILES string of the molecule is CCOC(=O)C(CCc1ccc(OC)c(OC)c1)N[C@@H](C)C(=O)N1CCSCC1(C)OC(=O)O. The topological polar surface area (TPSA) is 124 Å². The van der Waals surface area contributed by atoms with E-state index < -0.39 is 29.9 Å². The van der Waals surface area contributed by atoms with Crippen LogP contribution in [0.5, 0.6) is 11.5 Å². The average molecular weight is 499 g/mol. The lowest BCUT2D eigenvalue weighted by molar-refractivity contribution is -0.157. The number of aryl methyl sites for hydroxylation is 1. The van der Waals surface area contributed by atoms with Gasteiger partial charge < -0.3 is 29.0 Å². The molecule has 1 aliphatic heterocycles. The van der Waals surface area contributed by atoms with Gasteiger partial charge in [0, 0.05) is 12.3 Å². The van der Waals surface area contributed by atoms with Gasteiger partial charge in [0.15, 0.2) is 17.2 Å². The van der Waals surface area contributed by atoms with Gasteiger partial charge in [0.2, 0.25) is 5.91 Å². The molecule has 190 valence electrons. The Bertz CT molecular complexity index is 867. The number of esters is 1. The number of carbonyl (C=O) groups is 3. The van der Waals surface area contributed by atoms with Crippen LogP contribution in [0.1, 0.15) is 32.8 Å². The van der Waals surface area contributed by atoms with E-state index in [0.717, 1.165) is 5.56 Å². The molecule has 2 unspecified atom stereocenters. The van der Waals surface area contributed by atoms with Gasteiger partial charge in [0.05, 0.1) is 32.6 Å². The predicted octanol–water partition coefficient (Wildman–Crippen LogP) is 2.53. The second-order valence-corrected chi connectivity index (χ2v) is 9.11. The summed E-state index contributed by atoms with van der Waals surface area (Å²) >= 11 is 1.52. The van der Waals surface area contributed by atoms with Crippen molar-refractivity contribution in [2.45, 2.75) is 51.4 Å². The molecule has 0 bridgehead atoms. The summed E-state index contributed by atoms with van der Waals surface area (Å²) in [6.07, 6.45) is -0.537. The molecule has 1 aliphatic rings. The molecule has 1 heterocycles. The van der Waals surface area contributed by atoms with E-state index in [1.807, 2.05) is 12.1 Å². The lowest BCUT2D eigenvalue weighted by atomic mass is 10.0. The third kappa shape index (κ3) is 7.17. The van der Waals surface area contributed by atoms with Crippen molar-refractivity contribution in [3.63, 3.8) is 0 Å². The minimum absolute atomic E-state index is 0.212. The summed E-state index contributed by atoms with van der Waals surface area (Å²) in [5.74, 6) is 1.39. The van der Waals surface area contributed by atoms with E-state index >= 15 is 0 Å². The van der Waals surface area contributed by atoms with Crippen molar-refractivity contribution in [2.75, 3.05) is 38.9 Å². The van der Waals surface area contributed by atoms with Crippen LogP contribution in [-0.2, 0) is 25.5 Å². The Labute approximate surface area is 204 Å². The third-order valence-electron chi connectivity index (χ3n) is 5.54. The first-order chi connectivity index (χ1) is 16.1. The van der Waals surface area contributed by atoms with Crippen LogP contribution in [0.2, 0.25) is 0 Å². The van der Waals surface area contributed by atoms with Crippen molar-refractivity contribution in [1.82, 2.24) is 10.2 Å². The normalized spacial score (nSPS) is 19.6. The van der Waals surface area contributed by atoms with Gasteiger partial charge in [-0.2, -0.15) is 11.8 Å². The molecule has 0 saturated carbocycles. The molecule has 2 rings (SSSR count). The third-order valence-corrected chi connectivity index (χ3v) is 6.75. The summed E-state index contributed by atoms with van der Waals surface area (Å²) in [6.45, 7) is 5.50. The lowest BCUT2D eigenvalue weighted by Gasteiger charge is -2.43. The maximum absolute atomic E-state index is 13.2. The van der Waals surface area contributed by atoms with E-state index in [1.165, 1.54) is 16.7 Å². The zero-order valence-corrected chi connectivity index (χ0v) is 21.1. The Morgan fingerprint density at radius 1 is 1.24 bits per heavy atom. The van der Waals surface area contributed by atoms with E-state index in [1.54, 1.807) is 41.1 Å². The summed E-state index contributed by atoms with van der Waals surface area (Å²) in [6, 6.07) is 4.02. The number of nitrogens with zero attached hydrogens (tertiary/aromatic N) is 1. The second kappa shape index (κ2) is 12.7. The molecule has 11 heteroatoms. The number of ether oxygens (including phenoxy) is 4. The Hall–Kier alpha value is -2.66. The predicted molar refractivity (Wildman–Crippen MR) is 127 cm³/mol. The number of hydrogen-bond acceptors (Lipinski definition) is 9. The van der Waals surface area contributed by atoms with E-state index in [-0.39, 0.29) is 12.5 Å². The number of rotatable bonds is 11. The number of benzene rings is 1. The Balaban J connectivity index is 2.13. The minimum Gasteiger partial charge on any atom is -0.493 e. The average Bonchev–Trinajstić information content (AvgIpc) is 2.80. The van der Waals surface area contributed by atoms with Gasteiger partial charge in [-0.1, -0.05) is 6.07 Å². The van der Waals surface area contributed by atoms with Crippen LogP contribution < -0.4 is 14.8 Å². The number of nitrogens with one attached hydrogen (secondary N) is 1. The second-order valence-electron chi connectivity index (χ2n) is 8.01. The van der Waals surface area contributed by atoms with Crippen molar-refractivity contribution in [3.05, 3.63) is 23.8 Å². The lowest BCUT2D eigenvalue weighted by Crippen LogP contribution is -2.62. The molecular formula is C23H34N2O8S. The van der Waals surface area contributed by atoms with Crippen LogP contribution in [0.25, 0.3) is 0 Å². The fourth-order valence-corrected chi connectivity index (χ4v) is 4.86. The van der Waals surface area contributed by atoms with Crippen LogP contribution in [0, 0.1) is 0 Å². The van der Waals surface area contributed by atoms with Gasteiger partial charge in [0.25, 0.3) is 0 Å². The Morgan fingerprint density at radius 3 is 2.56 bits per heavy atom. The van der Waals surface area contributed by atoms with Crippen molar-refractivity contribution in [3.8, 4) is 11.5 Å². The molecule has 0 aliphatic carbocycles. The summed E-state index contributed by atoms with van der Waals surface area (Å²) < 4.78 is 20.9. The molecule has 34 heavy (non-hydrogen) atoms. The highest BCUT2D eigenvalue weighted by molar-refractivity contribution is 7.99. The zero-order chi connectivity index (χ0) is 25.3. The first-order valence-electron chi connectivity index (χ1n) is 11.1. The van der Waals surface area contributed by atoms with Gasteiger partial charge in [-0.05, 0) is 51.3 Å². The van der Waals surface area contributed by atoms with Gasteiger partial charge in [-0.25, -0.2) is 4.79 Å². The van der Waals surface area contributed by atoms with E-state index in [4.69, 9.17) is 24.1 Å². The van der Waals surface area contributed by atoms with Crippen molar-refractivity contribution >= 4 is 29.8 Å². The molecule has 1 amide bonds. The monoisotopic (exact) mass is 498 g/mol. The number of amides is 1. The number of methoxy groups -OCH3 is 2. The number of carboxylic acid groups (broad SMARTS) is 1. The highest BCUT2D eigenvalue weighted by Gasteiger charge is 2.43. The highest BCUT2D eigenvalue weighted by Crippen LogP contribution is 2.29. The van der Waals surface area contributed by atoms with Crippen LogP contribution in [-0.4, -0.2) is 84.7 Å². The van der Waals surface area contributed by atoms with Crippen LogP contribution >= 0.6 is 11.8 Å². The fourth-order valence-electron chi connectivity index (χ4n) is 3.81. The van der Waals surface area contributed by atoms with Crippen molar-refractivity contribution in [2.24, 2.45) is 0 Å². The molecule has 1 saturated heterocycles. The Morgan fingerprint density at radius 2 is 1.94 bits per heavy atom. The maximum Gasteiger partial charge on any atom is 0.507 e. The van der Waals surface area contributed by atoms with Gasteiger partial charge >= 0.3 is 12.1 Å². The van der Waals surface area contributed by atoms with Crippen molar-refractivity contribution < 1.29 is 38.4 Å². The van der Waals surface area contributed by atoms with Gasteiger partial charge in [-0.15, -0.1) is 0 Å². The van der Waals surface area contributed by atoms with Crippen molar-refractivity contribution in [1.29, 1.82) is 0 Å². The Kier molecular flexibility index (Phi) is 10.3. The molecule has 1 aromatic rings. The van der Waals surface area contributed by atoms with Gasteiger partial charge in [0.1, 0.15) is 6.04 Å². The molecule has 10 nitrogen and oxygen atoms in total. The smallest absolute Gasteiger partial charge is 0.493 e. The summed E-state index contributed by atoms with van der Waals surface area (Å²) in [5.41, 5.74) is -0.343. The molecule has 1 fully saturated rings. The molecule has 3 atom stereocenters. The van der Waals surface area contributed by atoms with E-state index in [2.05, 4.69) is 5.32 Å². The summed E-state index contributed by atoms with van der Waals surface area (Å²) in [5, 5.41) is 12.2. The van der Waals surface area contributed by atoms with Gasteiger partial charge in [-0.3, -0.25) is 14.9 Å². The molecule has 0 spiro atoms. The minimum atomic E-state index is -1.44. The molecule has 0 radical (unpaired) electrons. The quantitative estimate of drug-likeness (QED) is 0.440. The first kappa shape index (κ1) is 27.6. The number of hydrogen-bond donors (Lipinski definition) is 2. The fraction of sp³-hybridized carbons (Fsp3) is 0.609. The molecule has 0 aromatic heterocycles. The number of thioether (sulfide) groups is 1. The standard InChI is InChI=1S/C23H34N2O8S/c1-6-32-21(27)17(9-7-16-8-10-18(30-4)19(13-16)31-5)24-15(2)20(26)25-11-12-34-14-23(25,3)33-22(28)29/h8,10,13,15,17,24H,6-7,9,11-12,14H2,1-5H3,(H,28,29)/t15-,17?,23?/m0/s1. The van der Waals surface area contributed by atoms with E-state index in [9.17, 15) is 14.4 Å². The van der Waals surface area contributed by atoms with Crippen LogP contribution in [0.15, 0.2) is 18.2 Å². The van der Waals surface area contributed by atoms with Crippen LogP contribution in [0.4, 0.5) is 4.79 Å². The van der Waals surface area contributed by atoms with E-state index in [0.29, 0.717) is 42.4 Å². The van der Waals surface area contributed by atoms with Crippen LogP contribution in [0.3, 0.4) is 0 Å². The highest BCUT2D eigenvalue weighted by atomic mass is 32.2. The molecular weight excluding hydrogens is 464 g/mol. The summed E-state index contributed by atoms with van der Waals surface area (Å²) in [4.78, 5) is 38.5. The zero-order valence-electron chi connectivity index (χ0n) is 20.3. The maximum atomic E-state index is 13.2. The molecule has 1 aromatic carbocycles.